The van der Waals surface area contributed by atoms with Gasteiger partial charge in [0.1, 0.15) is 0 Å². The van der Waals surface area contributed by atoms with Gasteiger partial charge < -0.3 is 15.2 Å². The summed E-state index contributed by atoms with van der Waals surface area (Å²) >= 11 is 0. The summed E-state index contributed by atoms with van der Waals surface area (Å²) in [4.78, 5) is 6.36. The van der Waals surface area contributed by atoms with Crippen molar-refractivity contribution in [2.24, 2.45) is 5.92 Å². The molecule has 0 aromatic carbocycles. The average molecular weight is 196 g/mol. The van der Waals surface area contributed by atoms with E-state index in [9.17, 15) is 0 Å². The van der Waals surface area contributed by atoms with Crippen LogP contribution < -0.4 is 5.73 Å². The molecule has 1 saturated heterocycles. The summed E-state index contributed by atoms with van der Waals surface area (Å²) < 4.78 is 4.74. The lowest BCUT2D eigenvalue weighted by molar-refractivity contribution is 0.206. The molecule has 78 valence electrons. The molecule has 1 atom stereocenters. The van der Waals surface area contributed by atoms with Crippen LogP contribution in [0.3, 0.4) is 0 Å². The molecule has 0 amide bonds. The molecule has 1 aliphatic heterocycles. The van der Waals surface area contributed by atoms with Crippen LogP contribution in [0.5, 0.6) is 0 Å². The van der Waals surface area contributed by atoms with E-state index in [1.807, 2.05) is 0 Å². The van der Waals surface area contributed by atoms with E-state index in [2.05, 4.69) is 22.1 Å². The van der Waals surface area contributed by atoms with Crippen molar-refractivity contribution in [3.63, 3.8) is 0 Å². The molecule has 14 heavy (non-hydrogen) atoms. The van der Waals surface area contributed by atoms with E-state index in [1.165, 1.54) is 19.4 Å². The Kier molecular flexibility index (Phi) is 2.67. The predicted octanol–water partition coefficient (Wildman–Crippen LogP) is 0.536. The topological polar surface area (TPSA) is 68.2 Å². The van der Waals surface area contributed by atoms with E-state index in [1.54, 1.807) is 0 Å². The Morgan fingerprint density at radius 1 is 1.64 bits per heavy atom. The number of nitrogens with zero attached hydrogens (tertiary/aromatic N) is 3. The molecule has 1 aromatic heterocycles. The third-order valence-corrected chi connectivity index (χ3v) is 2.68. The Morgan fingerprint density at radius 3 is 3.14 bits per heavy atom. The number of likely N-dealkylation sites (tertiary alicyclic amines) is 1. The third kappa shape index (κ3) is 2.23. The van der Waals surface area contributed by atoms with Crippen molar-refractivity contribution in [2.75, 3.05) is 25.9 Å². The molecule has 0 radical (unpaired) electrons. The van der Waals surface area contributed by atoms with Crippen LogP contribution in [0.25, 0.3) is 0 Å². The molecular formula is C9H16N4O. The molecule has 2 N–H and O–H groups in total. The van der Waals surface area contributed by atoms with Crippen molar-refractivity contribution >= 4 is 6.01 Å². The van der Waals surface area contributed by atoms with Gasteiger partial charge in [0.2, 0.25) is 0 Å². The van der Waals surface area contributed by atoms with E-state index in [-0.39, 0.29) is 6.01 Å². The molecule has 1 aromatic rings. The van der Waals surface area contributed by atoms with Gasteiger partial charge in [-0.2, -0.15) is 4.98 Å². The maximum atomic E-state index is 5.36. The van der Waals surface area contributed by atoms with Gasteiger partial charge in [-0.3, -0.25) is 0 Å². The normalized spacial score (nSPS) is 23.9. The largest absolute Gasteiger partial charge is 0.351 e. The van der Waals surface area contributed by atoms with E-state index in [0.717, 1.165) is 18.8 Å². The van der Waals surface area contributed by atoms with Gasteiger partial charge in [0.05, 0.1) is 0 Å². The van der Waals surface area contributed by atoms with Crippen LogP contribution in [0.15, 0.2) is 4.52 Å². The Morgan fingerprint density at radius 2 is 2.50 bits per heavy atom. The van der Waals surface area contributed by atoms with Crippen molar-refractivity contribution in [1.29, 1.82) is 0 Å². The van der Waals surface area contributed by atoms with Crippen LogP contribution in [0.4, 0.5) is 6.01 Å². The van der Waals surface area contributed by atoms with Crippen LogP contribution >= 0.6 is 0 Å². The van der Waals surface area contributed by atoms with E-state index >= 15 is 0 Å². The minimum absolute atomic E-state index is 0.171. The number of hydrogen-bond acceptors (Lipinski definition) is 5. The molecule has 2 heterocycles. The summed E-state index contributed by atoms with van der Waals surface area (Å²) in [5.74, 6) is 1.38. The summed E-state index contributed by atoms with van der Waals surface area (Å²) in [6.07, 6.45) is 3.39. The summed E-state index contributed by atoms with van der Waals surface area (Å²) in [5.41, 5.74) is 5.36. The lowest BCUT2D eigenvalue weighted by Crippen LogP contribution is -2.33. The first-order valence-corrected chi connectivity index (χ1v) is 5.00. The lowest BCUT2D eigenvalue weighted by Gasteiger charge is -2.28. The maximum absolute atomic E-state index is 5.36. The van der Waals surface area contributed by atoms with Crippen LogP contribution in [0.2, 0.25) is 0 Å². The molecule has 0 aliphatic carbocycles. The van der Waals surface area contributed by atoms with Crippen LogP contribution in [0, 0.1) is 5.92 Å². The fourth-order valence-electron chi connectivity index (χ4n) is 2.05. The Bertz CT molecular complexity index is 299. The number of piperidine rings is 1. The highest BCUT2D eigenvalue weighted by molar-refractivity contribution is 5.07. The van der Waals surface area contributed by atoms with Gasteiger partial charge in [-0.25, -0.2) is 0 Å². The number of hydrogen-bond donors (Lipinski definition) is 1. The van der Waals surface area contributed by atoms with E-state index in [4.69, 9.17) is 10.3 Å². The summed E-state index contributed by atoms with van der Waals surface area (Å²) in [6, 6.07) is 0.171. The molecule has 1 fully saturated rings. The quantitative estimate of drug-likeness (QED) is 0.747. The molecule has 1 unspecified atom stereocenters. The highest BCUT2D eigenvalue weighted by Gasteiger charge is 2.19. The number of rotatable bonds is 2. The second-order valence-corrected chi connectivity index (χ2v) is 4.02. The van der Waals surface area contributed by atoms with Gasteiger partial charge in [0, 0.05) is 13.0 Å². The van der Waals surface area contributed by atoms with Gasteiger partial charge in [0.25, 0.3) is 0 Å². The van der Waals surface area contributed by atoms with Crippen molar-refractivity contribution in [1.82, 2.24) is 15.0 Å². The fourth-order valence-corrected chi connectivity index (χ4v) is 2.05. The van der Waals surface area contributed by atoms with Gasteiger partial charge in [-0.05, 0) is 32.4 Å². The number of nitrogen functional groups attached to an aromatic ring is 1. The third-order valence-electron chi connectivity index (χ3n) is 2.68. The number of anilines is 1. The minimum atomic E-state index is 0.171. The Hall–Kier alpha value is -1.10. The van der Waals surface area contributed by atoms with Crippen LogP contribution in [0.1, 0.15) is 18.7 Å². The van der Waals surface area contributed by atoms with Gasteiger partial charge in [-0.1, -0.05) is 5.16 Å². The molecular weight excluding hydrogens is 180 g/mol. The average Bonchev–Trinajstić information content (AvgIpc) is 2.51. The maximum Gasteiger partial charge on any atom is 0.318 e. The Labute approximate surface area is 83.3 Å². The number of aromatic nitrogens is 2. The molecule has 1 aliphatic rings. The second kappa shape index (κ2) is 3.96. The predicted molar refractivity (Wildman–Crippen MR) is 52.6 cm³/mol. The van der Waals surface area contributed by atoms with Crippen LogP contribution in [-0.2, 0) is 6.42 Å². The summed E-state index contributed by atoms with van der Waals surface area (Å²) in [6.45, 7) is 2.32. The molecule has 0 spiro atoms. The smallest absolute Gasteiger partial charge is 0.318 e. The van der Waals surface area contributed by atoms with Crippen molar-refractivity contribution in [2.45, 2.75) is 19.3 Å². The molecule has 2 rings (SSSR count). The number of nitrogens with two attached hydrogens (primary N) is 1. The Balaban J connectivity index is 1.90. The first-order valence-electron chi connectivity index (χ1n) is 5.00. The molecule has 5 heteroatoms. The minimum Gasteiger partial charge on any atom is -0.351 e. The first kappa shape index (κ1) is 9.45. The van der Waals surface area contributed by atoms with Crippen molar-refractivity contribution < 1.29 is 4.52 Å². The highest BCUT2D eigenvalue weighted by atomic mass is 16.5. The summed E-state index contributed by atoms with van der Waals surface area (Å²) in [5, 5.41) is 3.81. The van der Waals surface area contributed by atoms with Crippen molar-refractivity contribution in [3.8, 4) is 0 Å². The second-order valence-electron chi connectivity index (χ2n) is 4.02. The standard InChI is InChI=1S/C9H16N4O/c1-13-4-2-3-7(6-13)5-8-11-9(10)14-12-8/h7H,2-6H2,1H3,(H2,10,11,12). The molecule has 0 saturated carbocycles. The highest BCUT2D eigenvalue weighted by Crippen LogP contribution is 2.18. The molecule has 5 nitrogen and oxygen atoms in total. The SMILES string of the molecule is CN1CCCC(Cc2noc(N)n2)C1. The summed E-state index contributed by atoms with van der Waals surface area (Å²) in [7, 11) is 2.15. The van der Waals surface area contributed by atoms with Gasteiger partial charge >= 0.3 is 6.01 Å². The fraction of sp³-hybridized carbons (Fsp3) is 0.778. The van der Waals surface area contributed by atoms with E-state index in [0.29, 0.717) is 5.92 Å². The zero-order chi connectivity index (χ0) is 9.97. The molecule has 0 bridgehead atoms. The van der Waals surface area contributed by atoms with Gasteiger partial charge in [0.15, 0.2) is 5.82 Å². The zero-order valence-corrected chi connectivity index (χ0v) is 8.44. The first-order chi connectivity index (χ1) is 6.74. The van der Waals surface area contributed by atoms with Gasteiger partial charge in [-0.15, -0.1) is 0 Å². The van der Waals surface area contributed by atoms with Crippen LogP contribution in [-0.4, -0.2) is 35.2 Å². The van der Waals surface area contributed by atoms with E-state index < -0.39 is 0 Å². The zero-order valence-electron chi connectivity index (χ0n) is 8.44. The lowest BCUT2D eigenvalue weighted by atomic mass is 9.95. The monoisotopic (exact) mass is 196 g/mol. The van der Waals surface area contributed by atoms with Crippen molar-refractivity contribution in [3.05, 3.63) is 5.82 Å².